The molecule has 3 N–H and O–H groups in total. The van der Waals surface area contributed by atoms with E-state index in [-0.39, 0.29) is 12.3 Å². The lowest BCUT2D eigenvalue weighted by Crippen LogP contribution is -2.40. The van der Waals surface area contributed by atoms with Gasteiger partial charge in [0.25, 0.3) is 0 Å². The molecule has 0 fully saturated rings. The third-order valence-corrected chi connectivity index (χ3v) is 2.88. The first-order valence-corrected chi connectivity index (χ1v) is 5.72. The van der Waals surface area contributed by atoms with E-state index in [0.29, 0.717) is 6.61 Å². The van der Waals surface area contributed by atoms with Crippen molar-refractivity contribution < 1.29 is 9.53 Å². The molecule has 0 spiro atoms. The summed E-state index contributed by atoms with van der Waals surface area (Å²) >= 11 is 0. The molecule has 1 aromatic carbocycles. The van der Waals surface area contributed by atoms with E-state index in [1.54, 1.807) is 0 Å². The maximum absolute atomic E-state index is 11.1. The highest BCUT2D eigenvalue weighted by molar-refractivity contribution is 5.75. The largest absolute Gasteiger partial charge is 0.494 e. The molecular formula is C13H20N2O2. The lowest BCUT2D eigenvalue weighted by atomic mass is 9.88. The smallest absolute Gasteiger partial charge is 0.219 e. The monoisotopic (exact) mass is 236 g/mol. The van der Waals surface area contributed by atoms with E-state index in [9.17, 15) is 4.79 Å². The Labute approximate surface area is 102 Å². The number of carbonyl (C=O) groups is 1. The molecule has 1 rings (SSSR count). The predicted molar refractivity (Wildman–Crippen MR) is 67.8 cm³/mol. The quantitative estimate of drug-likeness (QED) is 0.784. The predicted octanol–water partition coefficient (Wildman–Crippen LogP) is 1.40. The Balaban J connectivity index is 2.92. The number of nitrogens with two attached hydrogens (primary N) is 1. The van der Waals surface area contributed by atoms with Gasteiger partial charge < -0.3 is 15.8 Å². The lowest BCUT2D eigenvalue weighted by Gasteiger charge is -2.28. The normalized spacial score (nSPS) is 14.1. The molecule has 0 aliphatic heterocycles. The molecule has 0 aliphatic carbocycles. The fourth-order valence-corrected chi connectivity index (χ4v) is 1.77. The highest BCUT2D eigenvalue weighted by atomic mass is 16.5. The van der Waals surface area contributed by atoms with Crippen LogP contribution < -0.4 is 15.8 Å². The van der Waals surface area contributed by atoms with Gasteiger partial charge in [0, 0.05) is 12.0 Å². The number of benzene rings is 1. The number of carbonyl (C=O) groups excluding carboxylic acids is 1. The Morgan fingerprint density at radius 1 is 1.41 bits per heavy atom. The van der Waals surface area contributed by atoms with Crippen LogP contribution >= 0.6 is 0 Å². The van der Waals surface area contributed by atoms with Crippen molar-refractivity contribution in [2.75, 3.05) is 13.7 Å². The molecule has 17 heavy (non-hydrogen) atoms. The minimum absolute atomic E-state index is 0.261. The first-order chi connectivity index (χ1) is 8.01. The first-order valence-electron chi connectivity index (χ1n) is 5.72. The zero-order valence-electron chi connectivity index (χ0n) is 10.6. The summed E-state index contributed by atoms with van der Waals surface area (Å²) in [5.74, 6) is 0.504. The maximum atomic E-state index is 11.1. The Kier molecular flexibility index (Phi) is 4.52. The number of hydrogen-bond acceptors (Lipinski definition) is 3. The molecule has 0 aromatic heterocycles. The van der Waals surface area contributed by atoms with Crippen molar-refractivity contribution in [1.82, 2.24) is 5.32 Å². The van der Waals surface area contributed by atoms with E-state index in [1.807, 2.05) is 45.2 Å². The molecule has 94 valence electrons. The maximum Gasteiger partial charge on any atom is 0.219 e. The average Bonchev–Trinajstić information content (AvgIpc) is 2.29. The molecule has 1 unspecified atom stereocenters. The number of rotatable bonds is 6. The van der Waals surface area contributed by atoms with Gasteiger partial charge in [-0.15, -0.1) is 0 Å². The molecule has 0 saturated carbocycles. The summed E-state index contributed by atoms with van der Waals surface area (Å²) in [6, 6.07) is 7.69. The van der Waals surface area contributed by atoms with Crippen molar-refractivity contribution >= 4 is 5.91 Å². The summed E-state index contributed by atoms with van der Waals surface area (Å²) in [5, 5.41) is 3.14. The summed E-state index contributed by atoms with van der Waals surface area (Å²) in [4.78, 5) is 11.1. The van der Waals surface area contributed by atoms with Gasteiger partial charge in [-0.05, 0) is 38.6 Å². The van der Waals surface area contributed by atoms with E-state index in [2.05, 4.69) is 5.32 Å². The van der Waals surface area contributed by atoms with Gasteiger partial charge in [-0.2, -0.15) is 0 Å². The van der Waals surface area contributed by atoms with E-state index in [0.717, 1.165) is 11.3 Å². The summed E-state index contributed by atoms with van der Waals surface area (Å²) < 4.78 is 5.38. The zero-order chi connectivity index (χ0) is 12.9. The second-order valence-corrected chi connectivity index (χ2v) is 4.18. The van der Waals surface area contributed by atoms with Crippen LogP contribution in [0.5, 0.6) is 5.75 Å². The van der Waals surface area contributed by atoms with Crippen molar-refractivity contribution in [1.29, 1.82) is 0 Å². The van der Waals surface area contributed by atoms with Gasteiger partial charge in [0.1, 0.15) is 5.75 Å². The van der Waals surface area contributed by atoms with Crippen LogP contribution in [0.15, 0.2) is 24.3 Å². The molecule has 0 bridgehead atoms. The number of nitrogens with one attached hydrogen (secondary N) is 1. The van der Waals surface area contributed by atoms with Crippen LogP contribution in [0.25, 0.3) is 0 Å². The lowest BCUT2D eigenvalue weighted by molar-refractivity contribution is -0.119. The average molecular weight is 236 g/mol. The molecule has 1 aromatic rings. The fraction of sp³-hybridized carbons (Fsp3) is 0.462. The van der Waals surface area contributed by atoms with Gasteiger partial charge >= 0.3 is 0 Å². The van der Waals surface area contributed by atoms with Crippen LogP contribution in [-0.2, 0) is 10.3 Å². The van der Waals surface area contributed by atoms with E-state index in [1.165, 1.54) is 0 Å². The summed E-state index contributed by atoms with van der Waals surface area (Å²) in [6.07, 6.45) is 0.261. The summed E-state index contributed by atoms with van der Waals surface area (Å²) in [5.41, 5.74) is 5.85. The Hall–Kier alpha value is -1.55. The highest BCUT2D eigenvalue weighted by Crippen LogP contribution is 2.25. The molecule has 0 saturated heterocycles. The van der Waals surface area contributed by atoms with Crippen LogP contribution in [-0.4, -0.2) is 19.6 Å². The molecule has 0 heterocycles. The third-order valence-electron chi connectivity index (χ3n) is 2.88. The number of amides is 1. The SMILES string of the molecule is CCOc1ccc(C(C)(CC(N)=O)NC)cc1. The highest BCUT2D eigenvalue weighted by Gasteiger charge is 2.26. The van der Waals surface area contributed by atoms with Gasteiger partial charge in [-0.1, -0.05) is 12.1 Å². The molecule has 0 radical (unpaired) electrons. The number of hydrogen-bond donors (Lipinski definition) is 2. The first kappa shape index (κ1) is 13.5. The second kappa shape index (κ2) is 5.68. The van der Waals surface area contributed by atoms with Gasteiger partial charge in [0.05, 0.1) is 6.61 Å². The van der Waals surface area contributed by atoms with Crippen LogP contribution in [0.2, 0.25) is 0 Å². The second-order valence-electron chi connectivity index (χ2n) is 4.18. The van der Waals surface area contributed by atoms with Gasteiger partial charge in [-0.3, -0.25) is 4.79 Å². The van der Waals surface area contributed by atoms with Crippen molar-refractivity contribution in [3.63, 3.8) is 0 Å². The third kappa shape index (κ3) is 3.46. The summed E-state index contributed by atoms with van der Waals surface area (Å²) in [6.45, 7) is 4.54. The Bertz CT molecular complexity index is 376. The Morgan fingerprint density at radius 2 is 2.00 bits per heavy atom. The van der Waals surface area contributed by atoms with Gasteiger partial charge in [-0.25, -0.2) is 0 Å². The van der Waals surface area contributed by atoms with Crippen LogP contribution in [0, 0.1) is 0 Å². The summed E-state index contributed by atoms with van der Waals surface area (Å²) in [7, 11) is 1.82. The minimum Gasteiger partial charge on any atom is -0.494 e. The Morgan fingerprint density at radius 3 is 2.41 bits per heavy atom. The zero-order valence-corrected chi connectivity index (χ0v) is 10.6. The topological polar surface area (TPSA) is 64.3 Å². The molecule has 1 atom stereocenters. The van der Waals surface area contributed by atoms with Crippen molar-refractivity contribution in [3.05, 3.63) is 29.8 Å². The van der Waals surface area contributed by atoms with Crippen LogP contribution in [0.1, 0.15) is 25.8 Å². The standard InChI is InChI=1S/C13H20N2O2/c1-4-17-11-7-5-10(6-8-11)13(2,15-3)9-12(14)16/h5-8,15H,4,9H2,1-3H3,(H2,14,16). The number of primary amides is 1. The molecule has 4 heteroatoms. The fourth-order valence-electron chi connectivity index (χ4n) is 1.77. The van der Waals surface area contributed by atoms with Crippen molar-refractivity contribution in [2.45, 2.75) is 25.8 Å². The van der Waals surface area contributed by atoms with E-state index in [4.69, 9.17) is 10.5 Å². The number of ether oxygens (including phenoxy) is 1. The van der Waals surface area contributed by atoms with E-state index < -0.39 is 5.54 Å². The molecule has 4 nitrogen and oxygen atoms in total. The van der Waals surface area contributed by atoms with Gasteiger partial charge in [0.2, 0.25) is 5.91 Å². The van der Waals surface area contributed by atoms with Crippen LogP contribution in [0.3, 0.4) is 0 Å². The van der Waals surface area contributed by atoms with Crippen LogP contribution in [0.4, 0.5) is 0 Å². The van der Waals surface area contributed by atoms with Crippen molar-refractivity contribution in [2.24, 2.45) is 5.73 Å². The molecular weight excluding hydrogens is 216 g/mol. The molecule has 1 amide bonds. The van der Waals surface area contributed by atoms with Gasteiger partial charge in [0.15, 0.2) is 0 Å². The van der Waals surface area contributed by atoms with Crippen molar-refractivity contribution in [3.8, 4) is 5.75 Å². The van der Waals surface area contributed by atoms with E-state index >= 15 is 0 Å². The minimum atomic E-state index is -0.434. The molecule has 0 aliphatic rings.